The fraction of sp³-hybridized carbons (Fsp3) is 0.111. The number of aryl methyl sites for hydroxylation is 1. The summed E-state index contributed by atoms with van der Waals surface area (Å²) in [6.45, 7) is 0. The Morgan fingerprint density at radius 1 is 1.50 bits per heavy atom. The summed E-state index contributed by atoms with van der Waals surface area (Å²) < 4.78 is 1.54. The van der Waals surface area contributed by atoms with Gasteiger partial charge in [-0.2, -0.15) is 5.10 Å². The number of rotatable bonds is 2. The second kappa shape index (κ2) is 4.28. The summed E-state index contributed by atoms with van der Waals surface area (Å²) in [5.74, 6) is 0.00557. The Balaban J connectivity index is 2.13. The number of aromatic nitrogens is 4. The largest absolute Gasteiger partial charge is 0.305 e. The van der Waals surface area contributed by atoms with E-state index in [2.05, 4.69) is 20.4 Å². The van der Waals surface area contributed by atoms with Crippen LogP contribution in [0.25, 0.3) is 0 Å². The molecule has 0 fully saturated rings. The third-order valence-corrected chi connectivity index (χ3v) is 2.00. The van der Waals surface area contributed by atoms with E-state index >= 15 is 0 Å². The molecule has 2 aromatic rings. The number of nitrogens with one attached hydrogen (secondary N) is 1. The van der Waals surface area contributed by atoms with Gasteiger partial charge in [0.05, 0.1) is 0 Å². The molecule has 0 saturated heterocycles. The summed E-state index contributed by atoms with van der Waals surface area (Å²) in [6, 6.07) is 3.16. The van der Waals surface area contributed by atoms with Crippen molar-refractivity contribution in [1.82, 2.24) is 19.7 Å². The molecule has 2 heterocycles. The first-order valence-electron chi connectivity index (χ1n) is 4.45. The van der Waals surface area contributed by atoms with Crippen LogP contribution in [-0.4, -0.2) is 25.7 Å². The third-order valence-electron chi connectivity index (χ3n) is 1.81. The molecule has 6 nitrogen and oxygen atoms in total. The van der Waals surface area contributed by atoms with E-state index < -0.39 is 0 Å². The van der Waals surface area contributed by atoms with Gasteiger partial charge in [0, 0.05) is 19.4 Å². The number of hydrogen-bond acceptors (Lipinski definition) is 4. The Bertz CT molecular complexity index is 524. The van der Waals surface area contributed by atoms with Crippen LogP contribution >= 0.6 is 11.6 Å². The van der Waals surface area contributed by atoms with Crippen LogP contribution in [0.4, 0.5) is 5.82 Å². The average molecular weight is 238 g/mol. The zero-order chi connectivity index (χ0) is 11.5. The van der Waals surface area contributed by atoms with Crippen molar-refractivity contribution in [2.75, 3.05) is 5.32 Å². The topological polar surface area (TPSA) is 72.7 Å². The molecule has 0 unspecified atom stereocenters. The zero-order valence-corrected chi connectivity index (χ0v) is 9.14. The van der Waals surface area contributed by atoms with E-state index in [9.17, 15) is 4.79 Å². The molecule has 0 aliphatic carbocycles. The molecule has 0 saturated carbocycles. The van der Waals surface area contributed by atoms with Gasteiger partial charge < -0.3 is 5.32 Å². The van der Waals surface area contributed by atoms with Gasteiger partial charge in [0.2, 0.25) is 5.28 Å². The minimum Gasteiger partial charge on any atom is -0.305 e. The third kappa shape index (κ3) is 2.34. The molecule has 0 aromatic carbocycles. The Morgan fingerprint density at radius 3 is 2.94 bits per heavy atom. The molecule has 0 spiro atoms. The second-order valence-electron chi connectivity index (χ2n) is 3.04. The minimum absolute atomic E-state index is 0.0822. The van der Waals surface area contributed by atoms with Crippen molar-refractivity contribution in [1.29, 1.82) is 0 Å². The molecule has 0 aliphatic rings. The lowest BCUT2D eigenvalue weighted by atomic mass is 10.4. The molecular formula is C9H8ClN5O. The van der Waals surface area contributed by atoms with Gasteiger partial charge in [0.15, 0.2) is 5.69 Å². The maximum absolute atomic E-state index is 11.6. The molecular weight excluding hydrogens is 230 g/mol. The molecule has 1 N–H and O–H groups in total. The smallest absolute Gasteiger partial charge is 0.277 e. The number of hydrogen-bond donors (Lipinski definition) is 1. The minimum atomic E-state index is -0.338. The highest BCUT2D eigenvalue weighted by atomic mass is 35.5. The average Bonchev–Trinajstić information content (AvgIpc) is 2.65. The van der Waals surface area contributed by atoms with Crippen LogP contribution in [0.1, 0.15) is 10.5 Å². The molecule has 0 aliphatic heterocycles. The van der Waals surface area contributed by atoms with Crippen molar-refractivity contribution in [2.45, 2.75) is 0 Å². The van der Waals surface area contributed by atoms with Gasteiger partial charge in [0.25, 0.3) is 5.91 Å². The molecule has 82 valence electrons. The lowest BCUT2D eigenvalue weighted by Gasteiger charge is -2.01. The maximum Gasteiger partial charge on any atom is 0.277 e. The summed E-state index contributed by atoms with van der Waals surface area (Å²) in [7, 11) is 1.73. The predicted octanol–water partition coefficient (Wildman–Crippen LogP) is 1.12. The number of anilines is 1. The van der Waals surface area contributed by atoms with Crippen LogP contribution in [-0.2, 0) is 7.05 Å². The second-order valence-corrected chi connectivity index (χ2v) is 3.38. The van der Waals surface area contributed by atoms with Crippen molar-refractivity contribution in [3.63, 3.8) is 0 Å². The fourth-order valence-corrected chi connectivity index (χ4v) is 1.27. The van der Waals surface area contributed by atoms with E-state index in [0.717, 1.165) is 0 Å². The molecule has 0 bridgehead atoms. The quantitative estimate of drug-likeness (QED) is 0.795. The van der Waals surface area contributed by atoms with E-state index in [1.54, 1.807) is 30.1 Å². The van der Waals surface area contributed by atoms with E-state index in [1.165, 1.54) is 6.20 Å². The van der Waals surface area contributed by atoms with Gasteiger partial charge in [0.1, 0.15) is 5.82 Å². The summed E-state index contributed by atoms with van der Waals surface area (Å²) in [6.07, 6.45) is 3.14. The molecule has 7 heteroatoms. The van der Waals surface area contributed by atoms with Crippen LogP contribution in [0, 0.1) is 0 Å². The standard InChI is InChI=1S/C9H8ClN5O/c1-15-5-3-6(14-15)8(16)12-7-2-4-11-9(10)13-7/h2-5H,1H3,(H,11,12,13,16). The normalized spacial score (nSPS) is 10.1. The number of nitrogens with zero attached hydrogens (tertiary/aromatic N) is 4. The molecule has 16 heavy (non-hydrogen) atoms. The van der Waals surface area contributed by atoms with Crippen LogP contribution < -0.4 is 5.32 Å². The van der Waals surface area contributed by atoms with Crippen molar-refractivity contribution in [3.8, 4) is 0 Å². The van der Waals surface area contributed by atoms with Crippen LogP contribution in [0.2, 0.25) is 5.28 Å². The zero-order valence-electron chi connectivity index (χ0n) is 8.38. The number of carbonyl (C=O) groups excluding carboxylic acids is 1. The Morgan fingerprint density at radius 2 is 2.31 bits per heavy atom. The summed E-state index contributed by atoms with van der Waals surface area (Å²) >= 11 is 5.59. The van der Waals surface area contributed by atoms with E-state index in [4.69, 9.17) is 11.6 Å². The van der Waals surface area contributed by atoms with Gasteiger partial charge in [-0.3, -0.25) is 9.48 Å². The highest BCUT2D eigenvalue weighted by Crippen LogP contribution is 2.07. The Kier molecular flexibility index (Phi) is 2.82. The Hall–Kier alpha value is -1.95. The van der Waals surface area contributed by atoms with Crippen molar-refractivity contribution in [2.24, 2.45) is 7.05 Å². The van der Waals surface area contributed by atoms with E-state index in [-0.39, 0.29) is 11.2 Å². The van der Waals surface area contributed by atoms with Crippen LogP contribution in [0.5, 0.6) is 0 Å². The predicted molar refractivity (Wildman–Crippen MR) is 58.2 cm³/mol. The lowest BCUT2D eigenvalue weighted by molar-refractivity contribution is 0.102. The van der Waals surface area contributed by atoms with Crippen LogP contribution in [0.3, 0.4) is 0 Å². The van der Waals surface area contributed by atoms with Crippen molar-refractivity contribution in [3.05, 3.63) is 35.5 Å². The SMILES string of the molecule is Cn1ccc(C(=O)Nc2ccnc(Cl)n2)n1. The first-order valence-corrected chi connectivity index (χ1v) is 4.82. The summed E-state index contributed by atoms with van der Waals surface area (Å²) in [4.78, 5) is 19.2. The van der Waals surface area contributed by atoms with Gasteiger partial charge in [-0.1, -0.05) is 0 Å². The monoisotopic (exact) mass is 237 g/mol. The highest BCUT2D eigenvalue weighted by molar-refractivity contribution is 6.28. The van der Waals surface area contributed by atoms with E-state index in [0.29, 0.717) is 11.5 Å². The molecule has 1 amide bonds. The fourth-order valence-electron chi connectivity index (χ4n) is 1.12. The maximum atomic E-state index is 11.6. The number of halogens is 1. The summed E-state index contributed by atoms with van der Waals surface area (Å²) in [5.41, 5.74) is 0.317. The van der Waals surface area contributed by atoms with Gasteiger partial charge in [-0.05, 0) is 23.7 Å². The molecule has 0 atom stereocenters. The molecule has 0 radical (unpaired) electrons. The molecule has 2 rings (SSSR count). The summed E-state index contributed by atoms with van der Waals surface area (Å²) in [5, 5.41) is 6.60. The highest BCUT2D eigenvalue weighted by Gasteiger charge is 2.09. The first kappa shape index (κ1) is 10.6. The van der Waals surface area contributed by atoms with Crippen molar-refractivity contribution < 1.29 is 4.79 Å². The van der Waals surface area contributed by atoms with Crippen molar-refractivity contribution >= 4 is 23.3 Å². The van der Waals surface area contributed by atoms with Gasteiger partial charge in [-0.15, -0.1) is 0 Å². The van der Waals surface area contributed by atoms with Crippen LogP contribution in [0.15, 0.2) is 24.5 Å². The molecule has 2 aromatic heterocycles. The van der Waals surface area contributed by atoms with Gasteiger partial charge >= 0.3 is 0 Å². The first-order chi connectivity index (χ1) is 7.65. The van der Waals surface area contributed by atoms with E-state index in [1.807, 2.05) is 0 Å². The number of amides is 1. The Labute approximate surface area is 96.3 Å². The lowest BCUT2D eigenvalue weighted by Crippen LogP contribution is -2.14. The van der Waals surface area contributed by atoms with Gasteiger partial charge in [-0.25, -0.2) is 9.97 Å². The number of carbonyl (C=O) groups is 1.